The third-order valence-electron chi connectivity index (χ3n) is 5.49. The Bertz CT molecular complexity index is 777. The second-order valence-corrected chi connectivity index (χ2v) is 29.2. The minimum absolute atomic E-state index is 0.238. The molecule has 0 N–H and O–H groups in total. The van der Waals surface area contributed by atoms with E-state index >= 15 is 0 Å². The van der Waals surface area contributed by atoms with Gasteiger partial charge in [0.05, 0.1) is 0 Å². The molecule has 0 saturated carbocycles. The number of rotatable bonds is 6. The van der Waals surface area contributed by atoms with Gasteiger partial charge in [0.15, 0.2) is 0 Å². The Kier molecular flexibility index (Phi) is 6.58. The Balaban J connectivity index is 2.25. The molecule has 2 rings (SSSR count). The Morgan fingerprint density at radius 3 is 2.42 bits per heavy atom. The molecule has 26 heavy (non-hydrogen) atoms. The van der Waals surface area contributed by atoms with Crippen molar-refractivity contribution in [1.29, 1.82) is 0 Å². The Morgan fingerprint density at radius 1 is 1.27 bits per heavy atom. The number of fused-ring (bicyclic) bond motifs is 1. The van der Waals surface area contributed by atoms with E-state index in [9.17, 15) is 0 Å². The standard InChI is InChI=1S/C16H25ClN3OSi.3CH3.Sn/c1-12(7-8-21-22(5,6)16(2,3)4)20-14-9-15(17)18-10-13(14)11-19-20;;;;/h9-10,12H,7-8H2,1-6H3;3*1H3;. The van der Waals surface area contributed by atoms with Crippen molar-refractivity contribution >= 4 is 52.9 Å². The zero-order valence-corrected chi connectivity index (χ0v) is 22.4. The molecule has 0 radical (unpaired) electrons. The molecule has 0 aliphatic rings. The summed E-state index contributed by atoms with van der Waals surface area (Å²) in [6.07, 6.45) is 2.85. The van der Waals surface area contributed by atoms with E-state index in [4.69, 9.17) is 21.1 Å². The van der Waals surface area contributed by atoms with E-state index in [0.717, 1.165) is 18.5 Å². The molecule has 2 aromatic heterocycles. The van der Waals surface area contributed by atoms with Crippen LogP contribution in [0, 0.1) is 0 Å². The summed E-state index contributed by atoms with van der Waals surface area (Å²) in [6, 6.07) is 2.22. The fraction of sp³-hybridized carbons (Fsp3) is 0.684. The van der Waals surface area contributed by atoms with Crippen LogP contribution in [-0.4, -0.2) is 48.1 Å². The molecule has 0 spiro atoms. The van der Waals surface area contributed by atoms with E-state index in [1.807, 2.05) is 12.3 Å². The summed E-state index contributed by atoms with van der Waals surface area (Å²) in [5.41, 5.74) is 1.10. The molecule has 1 atom stereocenters. The minimum atomic E-state index is -2.34. The molecule has 0 fully saturated rings. The summed E-state index contributed by atoms with van der Waals surface area (Å²) in [7, 11) is -1.71. The molecule has 0 bridgehead atoms. The molecule has 1 unspecified atom stereocenters. The van der Waals surface area contributed by atoms with Gasteiger partial charge in [-0.05, 0) is 0 Å². The SMILES string of the molecule is CC(CCO[Si](C)(C)C(C)(C)C)n1n[c]([Sn]([CH3])([CH3])[CH3])c2cnc(Cl)cc21. The van der Waals surface area contributed by atoms with Crippen LogP contribution in [-0.2, 0) is 4.43 Å². The van der Waals surface area contributed by atoms with Gasteiger partial charge >= 0.3 is 169 Å². The first-order chi connectivity index (χ1) is 11.7. The number of aromatic nitrogens is 3. The molecule has 0 amide bonds. The first-order valence-corrected chi connectivity index (χ1v) is 22.7. The van der Waals surface area contributed by atoms with Gasteiger partial charge in [-0.1, -0.05) is 0 Å². The van der Waals surface area contributed by atoms with Crippen LogP contribution in [0.15, 0.2) is 12.3 Å². The van der Waals surface area contributed by atoms with Crippen molar-refractivity contribution in [3.8, 4) is 0 Å². The molecule has 2 aromatic rings. The van der Waals surface area contributed by atoms with Crippen molar-refractivity contribution in [2.75, 3.05) is 6.61 Å². The van der Waals surface area contributed by atoms with Crippen LogP contribution in [0.3, 0.4) is 0 Å². The summed E-state index contributed by atoms with van der Waals surface area (Å²) in [4.78, 5) is 11.5. The third-order valence-corrected chi connectivity index (χ3v) is 15.3. The Labute approximate surface area is 168 Å². The fourth-order valence-corrected chi connectivity index (χ4v) is 7.95. The number of halogens is 1. The summed E-state index contributed by atoms with van der Waals surface area (Å²) < 4.78 is 9.79. The van der Waals surface area contributed by atoms with Crippen molar-refractivity contribution in [1.82, 2.24) is 14.8 Å². The second-order valence-electron chi connectivity index (χ2n) is 9.81. The summed E-state index contributed by atoms with van der Waals surface area (Å²) in [5, 5.41) is 6.97. The van der Waals surface area contributed by atoms with E-state index in [0.29, 0.717) is 5.15 Å². The molecule has 0 saturated heterocycles. The van der Waals surface area contributed by atoms with Crippen LogP contribution >= 0.6 is 11.6 Å². The van der Waals surface area contributed by atoms with E-state index < -0.39 is 26.7 Å². The second kappa shape index (κ2) is 7.72. The summed E-state index contributed by atoms with van der Waals surface area (Å²) in [5.74, 6) is 0. The topological polar surface area (TPSA) is 39.9 Å². The fourth-order valence-electron chi connectivity index (χ4n) is 2.72. The van der Waals surface area contributed by atoms with Gasteiger partial charge in [-0.3, -0.25) is 0 Å². The van der Waals surface area contributed by atoms with E-state index in [-0.39, 0.29) is 11.1 Å². The third kappa shape index (κ3) is 4.83. The molecule has 2 heterocycles. The van der Waals surface area contributed by atoms with Crippen LogP contribution in [0.25, 0.3) is 10.9 Å². The number of pyridine rings is 1. The van der Waals surface area contributed by atoms with Gasteiger partial charge < -0.3 is 0 Å². The zero-order chi connectivity index (χ0) is 19.9. The summed E-state index contributed by atoms with van der Waals surface area (Å²) >= 11 is 3.83. The molecule has 0 aliphatic heterocycles. The van der Waals surface area contributed by atoms with Crippen molar-refractivity contribution < 1.29 is 4.43 Å². The molecule has 7 heteroatoms. The average Bonchev–Trinajstić information content (AvgIpc) is 2.84. The van der Waals surface area contributed by atoms with Gasteiger partial charge in [-0.15, -0.1) is 0 Å². The molecular formula is C19H34ClN3OSiSn. The van der Waals surface area contributed by atoms with Crippen molar-refractivity contribution in [3.05, 3.63) is 17.4 Å². The predicted octanol–water partition coefficient (Wildman–Crippen LogP) is 5.60. The van der Waals surface area contributed by atoms with Crippen LogP contribution < -0.4 is 3.71 Å². The molecular weight excluding hydrogens is 468 g/mol. The van der Waals surface area contributed by atoms with Crippen molar-refractivity contribution in [2.24, 2.45) is 0 Å². The molecule has 0 aliphatic carbocycles. The zero-order valence-electron chi connectivity index (χ0n) is 17.8. The number of hydrogen-bond acceptors (Lipinski definition) is 3. The van der Waals surface area contributed by atoms with Gasteiger partial charge in [0.25, 0.3) is 0 Å². The van der Waals surface area contributed by atoms with Gasteiger partial charge in [-0.25, -0.2) is 0 Å². The van der Waals surface area contributed by atoms with E-state index in [1.165, 1.54) is 9.10 Å². The van der Waals surface area contributed by atoms with Crippen LogP contribution in [0.2, 0.25) is 38.1 Å². The maximum atomic E-state index is 6.37. The van der Waals surface area contributed by atoms with Crippen molar-refractivity contribution in [3.63, 3.8) is 0 Å². The van der Waals surface area contributed by atoms with E-state index in [1.54, 1.807) is 0 Å². The monoisotopic (exact) mass is 503 g/mol. The molecule has 146 valence electrons. The Hall–Kier alpha value is -0.114. The van der Waals surface area contributed by atoms with Gasteiger partial charge in [0, 0.05) is 0 Å². The van der Waals surface area contributed by atoms with Gasteiger partial charge in [-0.2, -0.15) is 0 Å². The van der Waals surface area contributed by atoms with Gasteiger partial charge in [0.2, 0.25) is 0 Å². The van der Waals surface area contributed by atoms with E-state index in [2.05, 4.69) is 65.3 Å². The number of nitrogens with zero attached hydrogens (tertiary/aromatic N) is 3. The van der Waals surface area contributed by atoms with Gasteiger partial charge in [0.1, 0.15) is 0 Å². The quantitative estimate of drug-likeness (QED) is 0.381. The van der Waals surface area contributed by atoms with Crippen LogP contribution in [0.1, 0.15) is 40.2 Å². The van der Waals surface area contributed by atoms with Crippen molar-refractivity contribution in [2.45, 2.75) is 73.1 Å². The molecule has 4 nitrogen and oxygen atoms in total. The maximum absolute atomic E-state index is 6.37. The summed E-state index contributed by atoms with van der Waals surface area (Å²) in [6.45, 7) is 14.4. The van der Waals surface area contributed by atoms with Crippen LogP contribution in [0.5, 0.6) is 0 Å². The first kappa shape index (κ1) is 22.2. The predicted molar refractivity (Wildman–Crippen MR) is 118 cm³/mol. The normalized spacial score (nSPS) is 14.8. The Morgan fingerprint density at radius 2 is 1.88 bits per heavy atom. The van der Waals surface area contributed by atoms with Crippen LogP contribution in [0.4, 0.5) is 0 Å². The number of hydrogen-bond donors (Lipinski definition) is 0. The first-order valence-electron chi connectivity index (χ1n) is 9.42. The molecule has 0 aromatic carbocycles. The average molecular weight is 503 g/mol.